The van der Waals surface area contributed by atoms with Crippen LogP contribution in [0.25, 0.3) is 10.2 Å². The highest BCUT2D eigenvalue weighted by Gasteiger charge is 2.31. The highest BCUT2D eigenvalue weighted by Crippen LogP contribution is 2.33. The van der Waals surface area contributed by atoms with E-state index in [0.717, 1.165) is 16.0 Å². The van der Waals surface area contributed by atoms with Gasteiger partial charge in [0.25, 0.3) is 0 Å². The van der Waals surface area contributed by atoms with Gasteiger partial charge in [0, 0.05) is 24.8 Å². The number of carbonyl (C=O) groups excluding carboxylic acids is 2. The number of nitrogens with one attached hydrogen (secondary N) is 1. The maximum absolute atomic E-state index is 12.9. The zero-order valence-electron chi connectivity index (χ0n) is 18.1. The highest BCUT2D eigenvalue weighted by atomic mass is 32.1. The van der Waals surface area contributed by atoms with E-state index < -0.39 is 0 Å². The number of rotatable bonds is 8. The Kier molecular flexibility index (Phi) is 6.31. The minimum Gasteiger partial charge on any atom is -0.494 e. The van der Waals surface area contributed by atoms with E-state index in [9.17, 15) is 9.59 Å². The lowest BCUT2D eigenvalue weighted by atomic mass is 10.2. The predicted octanol–water partition coefficient (Wildman–Crippen LogP) is 3.59. The molecule has 4 rings (SSSR count). The summed E-state index contributed by atoms with van der Waals surface area (Å²) in [5, 5.41) is 3.28. The standard InChI is InChI=1S/C22H24N4O5S/c1-4-31-15-6-7-16-19(12-15)32-21(23-16)24-20(27)13-25-9-10-26(22(25)28)14-5-8-17(29-2)18(11-14)30-3/h5-8,11-12H,4,9-10,13H2,1-3H3,(H,23,24,27). The van der Waals surface area contributed by atoms with Crippen molar-refractivity contribution in [1.82, 2.24) is 9.88 Å². The van der Waals surface area contributed by atoms with Gasteiger partial charge < -0.3 is 24.4 Å². The largest absolute Gasteiger partial charge is 0.494 e. The normalized spacial score (nSPS) is 13.5. The van der Waals surface area contributed by atoms with Crippen LogP contribution in [-0.4, -0.2) is 62.3 Å². The summed E-state index contributed by atoms with van der Waals surface area (Å²) < 4.78 is 17.0. The number of hydrogen-bond donors (Lipinski definition) is 1. The van der Waals surface area contributed by atoms with E-state index in [-0.39, 0.29) is 18.5 Å². The molecule has 0 unspecified atom stereocenters. The molecule has 1 saturated heterocycles. The Hall–Kier alpha value is -3.53. The van der Waals surface area contributed by atoms with Gasteiger partial charge in [0.2, 0.25) is 5.91 Å². The number of aromatic nitrogens is 1. The van der Waals surface area contributed by atoms with E-state index in [4.69, 9.17) is 14.2 Å². The van der Waals surface area contributed by atoms with E-state index in [0.29, 0.717) is 42.0 Å². The smallest absolute Gasteiger partial charge is 0.325 e. The number of nitrogens with zero attached hydrogens (tertiary/aromatic N) is 3. The Bertz CT molecular complexity index is 1150. The average molecular weight is 457 g/mol. The molecule has 0 spiro atoms. The third-order valence-corrected chi connectivity index (χ3v) is 5.96. The Morgan fingerprint density at radius 3 is 2.69 bits per heavy atom. The van der Waals surface area contributed by atoms with Gasteiger partial charge in [-0.05, 0) is 37.3 Å². The molecule has 0 radical (unpaired) electrons. The monoisotopic (exact) mass is 456 g/mol. The van der Waals surface area contributed by atoms with Crippen LogP contribution in [0.5, 0.6) is 17.2 Å². The van der Waals surface area contributed by atoms with Gasteiger partial charge >= 0.3 is 6.03 Å². The molecule has 3 aromatic rings. The lowest BCUT2D eigenvalue weighted by Crippen LogP contribution is -2.37. The molecular formula is C22H24N4O5S. The summed E-state index contributed by atoms with van der Waals surface area (Å²) in [6.07, 6.45) is 0. The number of fused-ring (bicyclic) bond motifs is 1. The molecule has 1 aliphatic heterocycles. The molecule has 1 aliphatic rings. The molecular weight excluding hydrogens is 432 g/mol. The lowest BCUT2D eigenvalue weighted by molar-refractivity contribution is -0.116. The van der Waals surface area contributed by atoms with Crippen molar-refractivity contribution in [3.05, 3.63) is 36.4 Å². The molecule has 2 heterocycles. The SMILES string of the molecule is CCOc1ccc2nc(NC(=O)CN3CCN(c4ccc(OC)c(OC)c4)C3=O)sc2c1. The van der Waals surface area contributed by atoms with Gasteiger partial charge in [-0.1, -0.05) is 11.3 Å². The van der Waals surface area contributed by atoms with Crippen LogP contribution in [0, 0.1) is 0 Å². The van der Waals surface area contributed by atoms with Crippen LogP contribution >= 0.6 is 11.3 Å². The fourth-order valence-electron chi connectivity index (χ4n) is 3.51. The zero-order valence-corrected chi connectivity index (χ0v) is 18.9. The topological polar surface area (TPSA) is 93.2 Å². The van der Waals surface area contributed by atoms with Crippen molar-refractivity contribution >= 4 is 44.3 Å². The summed E-state index contributed by atoms with van der Waals surface area (Å²) >= 11 is 1.37. The molecule has 9 nitrogen and oxygen atoms in total. The van der Waals surface area contributed by atoms with Gasteiger partial charge in [0.05, 0.1) is 31.0 Å². The van der Waals surface area contributed by atoms with Crippen LogP contribution in [0.3, 0.4) is 0 Å². The van der Waals surface area contributed by atoms with E-state index in [1.165, 1.54) is 16.2 Å². The van der Waals surface area contributed by atoms with Crippen LogP contribution in [0.1, 0.15) is 6.92 Å². The molecule has 10 heteroatoms. The molecule has 3 amide bonds. The Morgan fingerprint density at radius 1 is 1.12 bits per heavy atom. The van der Waals surface area contributed by atoms with Crippen molar-refractivity contribution in [2.75, 3.05) is 50.7 Å². The Balaban J connectivity index is 1.40. The first kappa shape index (κ1) is 21.7. The number of methoxy groups -OCH3 is 2. The quantitative estimate of drug-likeness (QED) is 0.557. The number of benzene rings is 2. The van der Waals surface area contributed by atoms with Gasteiger partial charge in [-0.3, -0.25) is 9.69 Å². The number of thiazole rings is 1. The minimum atomic E-state index is -0.295. The average Bonchev–Trinajstić information content (AvgIpc) is 3.35. The molecule has 1 fully saturated rings. The van der Waals surface area contributed by atoms with Crippen LogP contribution in [0.4, 0.5) is 15.6 Å². The number of carbonyl (C=O) groups is 2. The fraction of sp³-hybridized carbons (Fsp3) is 0.318. The Labute approximate surface area is 189 Å². The molecule has 0 bridgehead atoms. The number of ether oxygens (including phenoxy) is 3. The summed E-state index contributed by atoms with van der Waals surface area (Å²) in [7, 11) is 3.10. The van der Waals surface area contributed by atoms with Gasteiger partial charge in [0.1, 0.15) is 12.3 Å². The van der Waals surface area contributed by atoms with Gasteiger partial charge in [-0.2, -0.15) is 0 Å². The first-order valence-corrected chi connectivity index (χ1v) is 11.0. The summed E-state index contributed by atoms with van der Waals surface area (Å²) in [5.41, 5.74) is 1.47. The van der Waals surface area contributed by atoms with Crippen molar-refractivity contribution in [3.8, 4) is 17.2 Å². The third kappa shape index (κ3) is 4.40. The van der Waals surface area contributed by atoms with E-state index in [1.807, 2.05) is 25.1 Å². The van der Waals surface area contributed by atoms with Crippen molar-refractivity contribution in [2.24, 2.45) is 0 Å². The Morgan fingerprint density at radius 2 is 1.94 bits per heavy atom. The first-order valence-electron chi connectivity index (χ1n) is 10.1. The number of urea groups is 1. The fourth-order valence-corrected chi connectivity index (χ4v) is 4.42. The number of anilines is 2. The molecule has 168 valence electrons. The summed E-state index contributed by atoms with van der Waals surface area (Å²) in [6, 6.07) is 10.7. The van der Waals surface area contributed by atoms with Crippen molar-refractivity contribution in [1.29, 1.82) is 0 Å². The van der Waals surface area contributed by atoms with E-state index in [1.54, 1.807) is 37.3 Å². The summed E-state index contributed by atoms with van der Waals surface area (Å²) in [5.74, 6) is 1.59. The molecule has 1 aromatic heterocycles. The zero-order chi connectivity index (χ0) is 22.7. The molecule has 1 N–H and O–H groups in total. The third-order valence-electron chi connectivity index (χ3n) is 5.03. The van der Waals surface area contributed by atoms with Crippen molar-refractivity contribution in [3.63, 3.8) is 0 Å². The minimum absolute atomic E-state index is 0.0528. The molecule has 0 aliphatic carbocycles. The summed E-state index contributed by atoms with van der Waals surface area (Å²) in [6.45, 7) is 3.37. The first-order chi connectivity index (χ1) is 15.5. The predicted molar refractivity (Wildman–Crippen MR) is 123 cm³/mol. The van der Waals surface area contributed by atoms with E-state index in [2.05, 4.69) is 10.3 Å². The van der Waals surface area contributed by atoms with Crippen LogP contribution in [0.2, 0.25) is 0 Å². The van der Waals surface area contributed by atoms with Crippen LogP contribution in [-0.2, 0) is 4.79 Å². The maximum atomic E-state index is 12.9. The van der Waals surface area contributed by atoms with E-state index >= 15 is 0 Å². The van der Waals surface area contributed by atoms with Crippen LogP contribution in [0.15, 0.2) is 36.4 Å². The second-order valence-corrected chi connectivity index (χ2v) is 8.06. The highest BCUT2D eigenvalue weighted by molar-refractivity contribution is 7.22. The lowest BCUT2D eigenvalue weighted by Gasteiger charge is -2.19. The summed E-state index contributed by atoms with van der Waals surface area (Å²) in [4.78, 5) is 33.0. The second kappa shape index (κ2) is 9.31. The molecule has 2 aromatic carbocycles. The molecule has 32 heavy (non-hydrogen) atoms. The van der Waals surface area contributed by atoms with Gasteiger partial charge in [-0.25, -0.2) is 9.78 Å². The second-order valence-electron chi connectivity index (χ2n) is 7.02. The maximum Gasteiger partial charge on any atom is 0.325 e. The number of hydrogen-bond acceptors (Lipinski definition) is 7. The van der Waals surface area contributed by atoms with Crippen molar-refractivity contribution in [2.45, 2.75) is 6.92 Å². The van der Waals surface area contributed by atoms with Gasteiger partial charge in [-0.15, -0.1) is 0 Å². The van der Waals surface area contributed by atoms with Crippen molar-refractivity contribution < 1.29 is 23.8 Å². The van der Waals surface area contributed by atoms with Crippen LogP contribution < -0.4 is 24.4 Å². The molecule has 0 saturated carbocycles. The molecule has 0 atom stereocenters. The number of amides is 3. The van der Waals surface area contributed by atoms with Gasteiger partial charge in [0.15, 0.2) is 16.6 Å².